The molecule has 186 valence electrons. The van der Waals surface area contributed by atoms with E-state index in [-0.39, 0.29) is 4.90 Å². The van der Waals surface area contributed by atoms with Crippen molar-refractivity contribution in [1.29, 1.82) is 0 Å². The first-order valence-corrected chi connectivity index (χ1v) is 14.2. The van der Waals surface area contributed by atoms with Crippen LogP contribution in [0.15, 0.2) is 76.6 Å². The van der Waals surface area contributed by atoms with E-state index in [1.54, 1.807) is 0 Å². The van der Waals surface area contributed by atoms with E-state index in [1.165, 1.54) is 39.9 Å². The Kier molecular flexibility index (Phi) is 6.68. The highest BCUT2D eigenvalue weighted by Gasteiger charge is 2.29. The lowest BCUT2D eigenvalue weighted by molar-refractivity contribution is 0.0997. The lowest BCUT2D eigenvalue weighted by Gasteiger charge is -2.30. The Bertz CT molecular complexity index is 1600. The zero-order chi connectivity index (χ0) is 25.3. The van der Waals surface area contributed by atoms with E-state index in [0.717, 1.165) is 40.1 Å². The van der Waals surface area contributed by atoms with Crippen molar-refractivity contribution < 1.29 is 17.9 Å². The second kappa shape index (κ2) is 9.91. The topological polar surface area (TPSA) is 81.0 Å². The van der Waals surface area contributed by atoms with Gasteiger partial charge in [-0.1, -0.05) is 29.5 Å². The smallest absolute Gasteiger partial charge is 0.279 e. The molecular formula is C27H27N3O4S2. The summed E-state index contributed by atoms with van der Waals surface area (Å²) in [5, 5.41) is 0. The van der Waals surface area contributed by atoms with Crippen molar-refractivity contribution in [3.8, 4) is 5.75 Å². The fourth-order valence-corrected chi connectivity index (χ4v) is 7.16. The summed E-state index contributed by atoms with van der Waals surface area (Å²) in [6, 6.07) is 19.5. The SMILES string of the molecule is CCOc1ccc2c(c1)sc(=NC(=O)c1ccc(S(=O)(=O)N3CCCc4ccccc43)cc1)n2CC. The van der Waals surface area contributed by atoms with E-state index in [1.807, 2.05) is 60.9 Å². The molecule has 3 aromatic carbocycles. The lowest BCUT2D eigenvalue weighted by atomic mass is 10.0. The molecule has 0 saturated heterocycles. The molecule has 0 saturated carbocycles. The van der Waals surface area contributed by atoms with Gasteiger partial charge >= 0.3 is 0 Å². The van der Waals surface area contributed by atoms with Gasteiger partial charge in [-0.25, -0.2) is 8.42 Å². The Balaban J connectivity index is 1.44. The molecule has 0 bridgehead atoms. The summed E-state index contributed by atoms with van der Waals surface area (Å²) in [7, 11) is -3.74. The number of nitrogens with zero attached hydrogens (tertiary/aromatic N) is 3. The third-order valence-corrected chi connectivity index (χ3v) is 9.10. The number of carbonyl (C=O) groups excluding carboxylic acids is 1. The Morgan fingerprint density at radius 3 is 2.58 bits per heavy atom. The molecule has 0 aliphatic carbocycles. The number of thiazole rings is 1. The molecule has 0 radical (unpaired) electrons. The highest BCUT2D eigenvalue weighted by atomic mass is 32.2. The molecule has 1 aromatic heterocycles. The van der Waals surface area contributed by atoms with Gasteiger partial charge in [-0.15, -0.1) is 0 Å². The van der Waals surface area contributed by atoms with Crippen LogP contribution in [0.25, 0.3) is 10.2 Å². The summed E-state index contributed by atoms with van der Waals surface area (Å²) < 4.78 is 36.8. The van der Waals surface area contributed by atoms with Gasteiger partial charge in [0.2, 0.25) is 0 Å². The molecule has 1 aliphatic heterocycles. The molecule has 9 heteroatoms. The van der Waals surface area contributed by atoms with Crippen LogP contribution in [0.3, 0.4) is 0 Å². The van der Waals surface area contributed by atoms with Gasteiger partial charge in [0.1, 0.15) is 5.75 Å². The van der Waals surface area contributed by atoms with Gasteiger partial charge in [-0.05, 0) is 80.8 Å². The number of sulfonamides is 1. The number of anilines is 1. The molecule has 0 spiro atoms. The number of ether oxygens (including phenoxy) is 1. The molecule has 36 heavy (non-hydrogen) atoms. The second-order valence-corrected chi connectivity index (χ2v) is 11.3. The largest absolute Gasteiger partial charge is 0.494 e. The minimum absolute atomic E-state index is 0.157. The van der Waals surface area contributed by atoms with Crippen molar-refractivity contribution in [2.45, 2.75) is 38.1 Å². The number of benzene rings is 3. The Morgan fingerprint density at radius 1 is 1.06 bits per heavy atom. The fourth-order valence-electron chi connectivity index (χ4n) is 4.50. The number of aromatic nitrogens is 1. The molecule has 1 amide bonds. The van der Waals surface area contributed by atoms with Crippen molar-refractivity contribution in [3.63, 3.8) is 0 Å². The molecule has 0 N–H and O–H groups in total. The van der Waals surface area contributed by atoms with E-state index in [0.29, 0.717) is 30.1 Å². The Hall–Kier alpha value is -3.43. The molecule has 7 nitrogen and oxygen atoms in total. The van der Waals surface area contributed by atoms with Crippen LogP contribution in [0.4, 0.5) is 5.69 Å². The Morgan fingerprint density at radius 2 is 1.83 bits per heavy atom. The molecular weight excluding hydrogens is 494 g/mol. The third kappa shape index (κ3) is 4.44. The zero-order valence-electron chi connectivity index (χ0n) is 20.2. The third-order valence-electron chi connectivity index (χ3n) is 6.24. The van der Waals surface area contributed by atoms with Crippen molar-refractivity contribution in [2.75, 3.05) is 17.5 Å². The van der Waals surface area contributed by atoms with Gasteiger partial charge < -0.3 is 9.30 Å². The first kappa shape index (κ1) is 24.3. The van der Waals surface area contributed by atoms with Gasteiger partial charge in [0.25, 0.3) is 15.9 Å². The molecule has 0 atom stereocenters. The normalized spacial score (nSPS) is 14.2. The maximum absolute atomic E-state index is 13.4. The molecule has 1 aliphatic rings. The van der Waals surface area contributed by atoms with Crippen molar-refractivity contribution in [2.24, 2.45) is 4.99 Å². The van der Waals surface area contributed by atoms with Crippen molar-refractivity contribution >= 4 is 43.2 Å². The maximum atomic E-state index is 13.4. The van der Waals surface area contributed by atoms with Gasteiger partial charge in [0, 0.05) is 18.7 Å². The highest BCUT2D eigenvalue weighted by Crippen LogP contribution is 2.32. The number of para-hydroxylation sites is 1. The van der Waals surface area contributed by atoms with Gasteiger partial charge in [-0.2, -0.15) is 4.99 Å². The standard InChI is InChI=1S/C27H27N3O4S2/c1-3-29-24-16-13-21(34-4-2)18-25(24)35-27(29)28-26(31)20-11-14-22(15-12-20)36(32,33)30-17-7-9-19-8-5-6-10-23(19)30/h5-6,8,10-16,18H,3-4,7,9,17H2,1-2H3. The van der Waals surface area contributed by atoms with Crippen LogP contribution >= 0.6 is 11.3 Å². The van der Waals surface area contributed by atoms with E-state index in [9.17, 15) is 13.2 Å². The lowest BCUT2D eigenvalue weighted by Crippen LogP contribution is -2.35. The van der Waals surface area contributed by atoms with E-state index >= 15 is 0 Å². The quantitative estimate of drug-likeness (QED) is 0.357. The van der Waals surface area contributed by atoms with Gasteiger partial charge in [0.15, 0.2) is 4.80 Å². The summed E-state index contributed by atoms with van der Waals surface area (Å²) in [6.07, 6.45) is 1.63. The average Bonchev–Trinajstić information content (AvgIpc) is 3.24. The fraction of sp³-hybridized carbons (Fsp3) is 0.259. The van der Waals surface area contributed by atoms with Crippen LogP contribution in [0.5, 0.6) is 5.75 Å². The van der Waals surface area contributed by atoms with Crippen LogP contribution in [-0.2, 0) is 23.0 Å². The second-order valence-electron chi connectivity index (χ2n) is 8.44. The predicted molar refractivity (Wildman–Crippen MR) is 142 cm³/mol. The maximum Gasteiger partial charge on any atom is 0.279 e. The number of aryl methyl sites for hydroxylation is 2. The summed E-state index contributed by atoms with van der Waals surface area (Å²) >= 11 is 1.42. The van der Waals surface area contributed by atoms with Crippen LogP contribution in [-0.4, -0.2) is 32.0 Å². The zero-order valence-corrected chi connectivity index (χ0v) is 21.8. The summed E-state index contributed by atoms with van der Waals surface area (Å²) in [4.78, 5) is 18.1. The summed E-state index contributed by atoms with van der Waals surface area (Å²) in [5.74, 6) is 0.363. The minimum Gasteiger partial charge on any atom is -0.494 e. The minimum atomic E-state index is -3.74. The number of hydrogen-bond acceptors (Lipinski definition) is 5. The first-order chi connectivity index (χ1) is 17.4. The van der Waals surface area contributed by atoms with E-state index in [2.05, 4.69) is 4.99 Å². The number of hydrogen-bond donors (Lipinski definition) is 0. The summed E-state index contributed by atoms with van der Waals surface area (Å²) in [5.41, 5.74) is 3.07. The molecule has 5 rings (SSSR count). The van der Waals surface area contributed by atoms with Crippen LogP contribution < -0.4 is 13.8 Å². The number of rotatable bonds is 6. The monoisotopic (exact) mass is 521 g/mol. The van der Waals surface area contributed by atoms with Crippen molar-refractivity contribution in [3.05, 3.63) is 82.7 Å². The van der Waals surface area contributed by atoms with E-state index in [4.69, 9.17) is 4.74 Å². The average molecular weight is 522 g/mol. The Labute approximate surface area is 214 Å². The number of carbonyl (C=O) groups is 1. The van der Waals surface area contributed by atoms with Crippen molar-refractivity contribution in [1.82, 2.24) is 4.57 Å². The molecule has 0 unspecified atom stereocenters. The number of amides is 1. The summed E-state index contributed by atoms with van der Waals surface area (Å²) in [6.45, 7) is 5.62. The highest BCUT2D eigenvalue weighted by molar-refractivity contribution is 7.92. The van der Waals surface area contributed by atoms with Crippen LogP contribution in [0.1, 0.15) is 36.2 Å². The molecule has 0 fully saturated rings. The van der Waals surface area contributed by atoms with Gasteiger partial charge in [-0.3, -0.25) is 9.10 Å². The first-order valence-electron chi connectivity index (χ1n) is 12.0. The van der Waals surface area contributed by atoms with E-state index < -0.39 is 15.9 Å². The number of fused-ring (bicyclic) bond motifs is 2. The van der Waals surface area contributed by atoms with Gasteiger partial charge in [0.05, 0.1) is 27.4 Å². The van der Waals surface area contributed by atoms with Crippen LogP contribution in [0.2, 0.25) is 0 Å². The molecule has 2 heterocycles. The predicted octanol–water partition coefficient (Wildman–Crippen LogP) is 5.00. The van der Waals surface area contributed by atoms with Crippen LogP contribution in [0, 0.1) is 0 Å². The molecule has 4 aromatic rings.